The number of para-hydroxylation sites is 2. The predicted octanol–water partition coefficient (Wildman–Crippen LogP) is 5.47. The van der Waals surface area contributed by atoms with Crippen molar-refractivity contribution < 1.29 is 4.74 Å². The number of hydrogen-bond donors (Lipinski definition) is 0. The number of benzene rings is 3. The van der Waals surface area contributed by atoms with Gasteiger partial charge >= 0.3 is 0 Å². The molecule has 2 aromatic heterocycles. The molecule has 154 valence electrons. The molecule has 0 saturated heterocycles. The lowest BCUT2D eigenvalue weighted by atomic mass is 10.2. The van der Waals surface area contributed by atoms with E-state index in [1.54, 1.807) is 16.8 Å². The van der Waals surface area contributed by atoms with Gasteiger partial charge in [-0.3, -0.25) is 4.79 Å². The number of aryl methyl sites for hydroxylation is 1. The number of ether oxygens (including phenoxy) is 1. The lowest BCUT2D eigenvalue weighted by Gasteiger charge is -2.10. The minimum absolute atomic E-state index is 0.0521. The highest BCUT2D eigenvalue weighted by Crippen LogP contribution is 2.28. The monoisotopic (exact) mass is 408 g/mol. The average Bonchev–Trinajstić information content (AvgIpc) is 3.13. The Labute approximate surface area is 180 Å². The van der Waals surface area contributed by atoms with E-state index in [1.165, 1.54) is 21.8 Å². The molecular formula is C27H24N2O2. The quantitative estimate of drug-likeness (QED) is 0.335. The first kappa shape index (κ1) is 19.2. The maximum Gasteiger partial charge on any atom is 0.254 e. The Bertz CT molecular complexity index is 1330. The second-order valence-electron chi connectivity index (χ2n) is 7.70. The van der Waals surface area contributed by atoms with Crippen molar-refractivity contribution in [2.45, 2.75) is 19.5 Å². The van der Waals surface area contributed by atoms with Gasteiger partial charge in [-0.15, -0.1) is 0 Å². The second kappa shape index (κ2) is 8.52. The van der Waals surface area contributed by atoms with E-state index in [-0.39, 0.29) is 5.56 Å². The summed E-state index contributed by atoms with van der Waals surface area (Å²) >= 11 is 0. The first-order valence-electron chi connectivity index (χ1n) is 10.6. The molecule has 3 aromatic carbocycles. The van der Waals surface area contributed by atoms with Crippen molar-refractivity contribution in [2.75, 3.05) is 6.61 Å². The zero-order valence-corrected chi connectivity index (χ0v) is 17.3. The van der Waals surface area contributed by atoms with Gasteiger partial charge in [-0.05, 0) is 30.2 Å². The molecule has 0 atom stereocenters. The lowest BCUT2D eigenvalue weighted by molar-refractivity contribution is 0.302. The van der Waals surface area contributed by atoms with E-state index >= 15 is 0 Å². The highest BCUT2D eigenvalue weighted by atomic mass is 16.5. The van der Waals surface area contributed by atoms with Crippen LogP contribution in [0.1, 0.15) is 12.0 Å². The topological polar surface area (TPSA) is 36.2 Å². The van der Waals surface area contributed by atoms with Crippen molar-refractivity contribution in [1.29, 1.82) is 0 Å². The molecule has 0 fully saturated rings. The molecule has 0 aliphatic heterocycles. The van der Waals surface area contributed by atoms with Gasteiger partial charge in [-0.1, -0.05) is 66.7 Å². The van der Waals surface area contributed by atoms with Crippen molar-refractivity contribution in [3.05, 3.63) is 113 Å². The summed E-state index contributed by atoms with van der Waals surface area (Å²) in [6, 6.07) is 30.4. The van der Waals surface area contributed by atoms with E-state index in [0.29, 0.717) is 18.9 Å². The zero-order chi connectivity index (χ0) is 21.0. The summed E-state index contributed by atoms with van der Waals surface area (Å²) in [6.45, 7) is 1.98. The van der Waals surface area contributed by atoms with Gasteiger partial charge < -0.3 is 13.9 Å². The van der Waals surface area contributed by atoms with Crippen LogP contribution in [0.2, 0.25) is 0 Å². The molecule has 4 heteroatoms. The minimum Gasteiger partial charge on any atom is -0.493 e. The van der Waals surface area contributed by atoms with E-state index in [1.807, 2.05) is 36.4 Å². The number of nitrogens with zero attached hydrogens (tertiary/aromatic N) is 2. The Morgan fingerprint density at radius 1 is 0.742 bits per heavy atom. The van der Waals surface area contributed by atoms with E-state index in [2.05, 4.69) is 53.1 Å². The average molecular weight is 409 g/mol. The molecule has 0 unspecified atom stereocenters. The third-order valence-corrected chi connectivity index (χ3v) is 5.64. The number of fused-ring (bicyclic) bond motifs is 3. The minimum atomic E-state index is -0.0521. The molecule has 0 aliphatic carbocycles. The van der Waals surface area contributed by atoms with Crippen LogP contribution in [0, 0.1) is 0 Å². The van der Waals surface area contributed by atoms with Crippen molar-refractivity contribution in [1.82, 2.24) is 9.13 Å². The molecule has 5 aromatic rings. The Hall–Kier alpha value is -3.79. The van der Waals surface area contributed by atoms with Crippen molar-refractivity contribution >= 4 is 21.8 Å². The van der Waals surface area contributed by atoms with E-state index in [0.717, 1.165) is 18.5 Å². The van der Waals surface area contributed by atoms with Crippen molar-refractivity contribution in [3.8, 4) is 5.75 Å². The Kier molecular flexibility index (Phi) is 5.28. The number of aromatic nitrogens is 2. The first-order chi connectivity index (χ1) is 15.3. The Morgan fingerprint density at radius 3 is 2.06 bits per heavy atom. The van der Waals surface area contributed by atoms with Gasteiger partial charge in [0, 0.05) is 40.6 Å². The summed E-state index contributed by atoms with van der Waals surface area (Å²) < 4.78 is 9.94. The second-order valence-corrected chi connectivity index (χ2v) is 7.70. The summed E-state index contributed by atoms with van der Waals surface area (Å²) in [7, 11) is 0. The number of rotatable bonds is 7. The third kappa shape index (κ3) is 3.97. The molecule has 0 saturated carbocycles. The highest BCUT2D eigenvalue weighted by molar-refractivity contribution is 6.07. The van der Waals surface area contributed by atoms with Crippen molar-refractivity contribution in [3.63, 3.8) is 0 Å². The fourth-order valence-corrected chi connectivity index (χ4v) is 4.15. The fraction of sp³-hybridized carbons (Fsp3) is 0.148. The lowest BCUT2D eigenvalue weighted by Crippen LogP contribution is -2.19. The van der Waals surface area contributed by atoms with Crippen LogP contribution in [0.5, 0.6) is 5.75 Å². The molecule has 0 bridgehead atoms. The van der Waals surface area contributed by atoms with Crippen LogP contribution in [-0.4, -0.2) is 15.7 Å². The van der Waals surface area contributed by atoms with Gasteiger partial charge in [-0.25, -0.2) is 0 Å². The molecule has 31 heavy (non-hydrogen) atoms. The summed E-state index contributed by atoms with van der Waals surface area (Å²) in [6.07, 6.45) is 2.66. The largest absolute Gasteiger partial charge is 0.493 e. The van der Waals surface area contributed by atoms with Crippen LogP contribution in [-0.2, 0) is 13.1 Å². The van der Waals surface area contributed by atoms with Gasteiger partial charge in [-0.2, -0.15) is 0 Å². The van der Waals surface area contributed by atoms with Crippen LogP contribution in [0.4, 0.5) is 0 Å². The zero-order valence-electron chi connectivity index (χ0n) is 17.3. The Morgan fingerprint density at radius 2 is 1.39 bits per heavy atom. The van der Waals surface area contributed by atoms with Crippen molar-refractivity contribution in [2.24, 2.45) is 0 Å². The van der Waals surface area contributed by atoms with Gasteiger partial charge in [0.2, 0.25) is 0 Å². The molecular weight excluding hydrogens is 384 g/mol. The summed E-state index contributed by atoms with van der Waals surface area (Å²) in [4.78, 5) is 12.4. The Balaban J connectivity index is 1.25. The van der Waals surface area contributed by atoms with Gasteiger partial charge in [0.15, 0.2) is 0 Å². The SMILES string of the molecule is O=c1cc(OCCCn2c3ccccc3c3ccccc32)ccn1Cc1ccccc1. The van der Waals surface area contributed by atoms with Crippen LogP contribution in [0.15, 0.2) is 102 Å². The molecule has 0 radical (unpaired) electrons. The molecule has 0 spiro atoms. The normalized spacial score (nSPS) is 11.2. The molecule has 5 rings (SSSR count). The fourth-order valence-electron chi connectivity index (χ4n) is 4.15. The molecule has 0 aliphatic rings. The summed E-state index contributed by atoms with van der Waals surface area (Å²) in [5.41, 5.74) is 3.53. The van der Waals surface area contributed by atoms with Crippen LogP contribution < -0.4 is 10.3 Å². The summed E-state index contributed by atoms with van der Waals surface area (Å²) in [5.74, 6) is 0.622. The molecule has 2 heterocycles. The van der Waals surface area contributed by atoms with Gasteiger partial charge in [0.05, 0.1) is 13.2 Å². The van der Waals surface area contributed by atoms with Crippen LogP contribution >= 0.6 is 0 Å². The molecule has 0 N–H and O–H groups in total. The number of hydrogen-bond acceptors (Lipinski definition) is 2. The molecule has 0 amide bonds. The van der Waals surface area contributed by atoms with Gasteiger partial charge in [0.1, 0.15) is 5.75 Å². The molecule has 4 nitrogen and oxygen atoms in total. The number of pyridine rings is 1. The van der Waals surface area contributed by atoms with E-state index in [4.69, 9.17) is 4.74 Å². The maximum absolute atomic E-state index is 12.4. The summed E-state index contributed by atoms with van der Waals surface area (Å²) in [5, 5.41) is 2.56. The first-order valence-corrected chi connectivity index (χ1v) is 10.6. The van der Waals surface area contributed by atoms with Gasteiger partial charge in [0.25, 0.3) is 5.56 Å². The smallest absolute Gasteiger partial charge is 0.254 e. The van der Waals surface area contributed by atoms with Crippen LogP contribution in [0.3, 0.4) is 0 Å². The van der Waals surface area contributed by atoms with E-state index in [9.17, 15) is 4.79 Å². The maximum atomic E-state index is 12.4. The highest BCUT2D eigenvalue weighted by Gasteiger charge is 2.09. The van der Waals surface area contributed by atoms with E-state index < -0.39 is 0 Å². The standard InChI is InChI=1S/C27H24N2O2/c30-27-19-22(15-17-28(27)20-21-9-2-1-3-10-21)31-18-8-16-29-25-13-6-4-11-23(25)24-12-5-7-14-26(24)29/h1-7,9-15,17,19H,8,16,18,20H2. The predicted molar refractivity (Wildman–Crippen MR) is 126 cm³/mol. The van der Waals surface area contributed by atoms with Crippen LogP contribution in [0.25, 0.3) is 21.8 Å². The third-order valence-electron chi connectivity index (χ3n) is 5.64.